The van der Waals surface area contributed by atoms with E-state index in [1.807, 2.05) is 24.3 Å². The van der Waals surface area contributed by atoms with Gasteiger partial charge in [-0.3, -0.25) is 4.79 Å². The summed E-state index contributed by atoms with van der Waals surface area (Å²) in [4.78, 5) is 14.2. The standard InChI is InChI=1S/C18H21FN2O/c1-3-4-13-21(2)17-11-9-16(10-12-17)20-18(22)14-5-7-15(19)8-6-14/h5-12H,3-4,13H2,1-2H3,(H,20,22). The average molecular weight is 300 g/mol. The van der Waals surface area contributed by atoms with Gasteiger partial charge in [0.05, 0.1) is 0 Å². The fourth-order valence-electron chi connectivity index (χ4n) is 2.13. The molecule has 0 unspecified atom stereocenters. The van der Waals surface area contributed by atoms with Crippen molar-refractivity contribution in [3.8, 4) is 0 Å². The molecule has 1 N–H and O–H groups in total. The number of halogens is 1. The zero-order valence-electron chi connectivity index (χ0n) is 13.0. The van der Waals surface area contributed by atoms with Crippen LogP contribution in [0.1, 0.15) is 30.1 Å². The lowest BCUT2D eigenvalue weighted by Crippen LogP contribution is -2.18. The molecule has 0 fully saturated rings. The Kier molecular flexibility index (Phi) is 5.53. The third-order valence-electron chi connectivity index (χ3n) is 3.52. The van der Waals surface area contributed by atoms with E-state index in [0.29, 0.717) is 5.56 Å². The fraction of sp³-hybridized carbons (Fsp3) is 0.278. The van der Waals surface area contributed by atoms with Crippen LogP contribution in [-0.2, 0) is 0 Å². The quantitative estimate of drug-likeness (QED) is 0.862. The van der Waals surface area contributed by atoms with Gasteiger partial charge in [0.1, 0.15) is 5.82 Å². The number of nitrogens with one attached hydrogen (secondary N) is 1. The van der Waals surface area contributed by atoms with Crippen molar-refractivity contribution >= 4 is 17.3 Å². The van der Waals surface area contributed by atoms with Crippen molar-refractivity contribution < 1.29 is 9.18 Å². The highest BCUT2D eigenvalue weighted by atomic mass is 19.1. The third-order valence-corrected chi connectivity index (χ3v) is 3.52. The van der Waals surface area contributed by atoms with Gasteiger partial charge in [0.2, 0.25) is 0 Å². The van der Waals surface area contributed by atoms with Gasteiger partial charge in [-0.15, -0.1) is 0 Å². The molecule has 0 atom stereocenters. The monoisotopic (exact) mass is 300 g/mol. The van der Waals surface area contributed by atoms with Crippen LogP contribution in [0.2, 0.25) is 0 Å². The number of nitrogens with zero attached hydrogens (tertiary/aromatic N) is 1. The number of carbonyl (C=O) groups is 1. The molecule has 0 heterocycles. The Hall–Kier alpha value is -2.36. The van der Waals surface area contributed by atoms with Crippen LogP contribution in [0.3, 0.4) is 0 Å². The normalized spacial score (nSPS) is 10.3. The minimum atomic E-state index is -0.351. The first-order valence-electron chi connectivity index (χ1n) is 7.48. The van der Waals surface area contributed by atoms with Crippen molar-refractivity contribution in [1.29, 1.82) is 0 Å². The van der Waals surface area contributed by atoms with E-state index in [2.05, 4.69) is 24.2 Å². The number of rotatable bonds is 6. The van der Waals surface area contributed by atoms with E-state index in [1.165, 1.54) is 24.3 Å². The average Bonchev–Trinajstić information content (AvgIpc) is 2.54. The number of benzene rings is 2. The minimum Gasteiger partial charge on any atom is -0.375 e. The molecule has 22 heavy (non-hydrogen) atoms. The summed E-state index contributed by atoms with van der Waals surface area (Å²) in [5.41, 5.74) is 2.28. The highest BCUT2D eigenvalue weighted by molar-refractivity contribution is 6.04. The first-order chi connectivity index (χ1) is 10.6. The van der Waals surface area contributed by atoms with Gasteiger partial charge in [0.15, 0.2) is 0 Å². The molecule has 0 spiro atoms. The zero-order valence-corrected chi connectivity index (χ0v) is 13.0. The molecule has 0 aromatic heterocycles. The van der Waals surface area contributed by atoms with Crippen LogP contribution in [-0.4, -0.2) is 19.5 Å². The second-order valence-electron chi connectivity index (χ2n) is 5.28. The molecule has 0 aliphatic carbocycles. The van der Waals surface area contributed by atoms with Crippen LogP contribution in [0.15, 0.2) is 48.5 Å². The first kappa shape index (κ1) is 16.0. The van der Waals surface area contributed by atoms with E-state index in [4.69, 9.17) is 0 Å². The van der Waals surface area contributed by atoms with E-state index in [-0.39, 0.29) is 11.7 Å². The predicted octanol–water partition coefficient (Wildman–Crippen LogP) is 4.31. The summed E-state index contributed by atoms with van der Waals surface area (Å²) < 4.78 is 12.8. The van der Waals surface area contributed by atoms with Gasteiger partial charge in [0, 0.05) is 30.5 Å². The van der Waals surface area contributed by atoms with E-state index in [9.17, 15) is 9.18 Å². The molecular weight excluding hydrogens is 279 g/mol. The summed E-state index contributed by atoms with van der Waals surface area (Å²) in [5, 5.41) is 2.81. The third kappa shape index (κ3) is 4.32. The largest absolute Gasteiger partial charge is 0.375 e. The van der Waals surface area contributed by atoms with E-state index >= 15 is 0 Å². The van der Waals surface area contributed by atoms with Gasteiger partial charge >= 0.3 is 0 Å². The van der Waals surface area contributed by atoms with E-state index < -0.39 is 0 Å². The lowest BCUT2D eigenvalue weighted by Gasteiger charge is -2.19. The molecule has 2 rings (SSSR count). The molecule has 0 aliphatic rings. The molecule has 0 saturated carbocycles. The van der Waals surface area contributed by atoms with Crippen molar-refractivity contribution in [3.63, 3.8) is 0 Å². The van der Waals surface area contributed by atoms with Crippen molar-refractivity contribution in [2.45, 2.75) is 19.8 Å². The summed E-state index contributed by atoms with van der Waals surface area (Å²) in [6.07, 6.45) is 2.32. The molecule has 0 bridgehead atoms. The molecule has 4 heteroatoms. The number of anilines is 2. The smallest absolute Gasteiger partial charge is 0.255 e. The number of carbonyl (C=O) groups excluding carboxylic acids is 1. The maximum Gasteiger partial charge on any atom is 0.255 e. The molecule has 0 radical (unpaired) electrons. The van der Waals surface area contributed by atoms with E-state index in [0.717, 1.165) is 30.8 Å². The van der Waals surface area contributed by atoms with Crippen molar-refractivity contribution in [2.75, 3.05) is 23.8 Å². The topological polar surface area (TPSA) is 32.3 Å². The SMILES string of the molecule is CCCCN(C)c1ccc(NC(=O)c2ccc(F)cc2)cc1. The molecule has 0 aliphatic heterocycles. The maximum absolute atomic E-state index is 12.8. The van der Waals surface area contributed by atoms with Crippen LogP contribution in [0.25, 0.3) is 0 Å². The van der Waals surface area contributed by atoms with Crippen LogP contribution in [0.4, 0.5) is 15.8 Å². The van der Waals surface area contributed by atoms with Gasteiger partial charge in [-0.05, 0) is 55.0 Å². The molecule has 0 saturated heterocycles. The van der Waals surface area contributed by atoms with Gasteiger partial charge in [-0.1, -0.05) is 13.3 Å². The summed E-state index contributed by atoms with van der Waals surface area (Å²) in [5.74, 6) is -0.594. The summed E-state index contributed by atoms with van der Waals surface area (Å²) in [6.45, 7) is 3.18. The minimum absolute atomic E-state index is 0.243. The molecule has 3 nitrogen and oxygen atoms in total. The summed E-state index contributed by atoms with van der Waals surface area (Å²) in [7, 11) is 2.06. The lowest BCUT2D eigenvalue weighted by atomic mass is 10.2. The van der Waals surface area contributed by atoms with Crippen LogP contribution in [0.5, 0.6) is 0 Å². The van der Waals surface area contributed by atoms with Gasteiger partial charge < -0.3 is 10.2 Å². The zero-order chi connectivity index (χ0) is 15.9. The lowest BCUT2D eigenvalue weighted by molar-refractivity contribution is 0.102. The van der Waals surface area contributed by atoms with Gasteiger partial charge in [-0.2, -0.15) is 0 Å². The van der Waals surface area contributed by atoms with Crippen LogP contribution >= 0.6 is 0 Å². The molecule has 2 aromatic rings. The van der Waals surface area contributed by atoms with Crippen molar-refractivity contribution in [2.24, 2.45) is 0 Å². The highest BCUT2D eigenvalue weighted by Gasteiger charge is 2.06. The second kappa shape index (κ2) is 7.59. The molecular formula is C18H21FN2O. The number of hydrogen-bond donors (Lipinski definition) is 1. The Morgan fingerprint density at radius 2 is 1.73 bits per heavy atom. The van der Waals surface area contributed by atoms with Crippen molar-refractivity contribution in [1.82, 2.24) is 0 Å². The molecule has 116 valence electrons. The molecule has 2 aromatic carbocycles. The Labute approximate surface area is 130 Å². The van der Waals surface area contributed by atoms with Crippen LogP contribution in [0, 0.1) is 5.82 Å². The fourth-order valence-corrected chi connectivity index (χ4v) is 2.13. The highest BCUT2D eigenvalue weighted by Crippen LogP contribution is 2.18. The van der Waals surface area contributed by atoms with Crippen molar-refractivity contribution in [3.05, 3.63) is 59.9 Å². The molecule has 1 amide bonds. The van der Waals surface area contributed by atoms with Gasteiger partial charge in [-0.25, -0.2) is 4.39 Å². The maximum atomic E-state index is 12.8. The second-order valence-corrected chi connectivity index (χ2v) is 5.28. The van der Waals surface area contributed by atoms with Gasteiger partial charge in [0.25, 0.3) is 5.91 Å². The Balaban J connectivity index is 1.98. The number of unbranched alkanes of at least 4 members (excludes halogenated alkanes) is 1. The van der Waals surface area contributed by atoms with E-state index in [1.54, 1.807) is 0 Å². The summed E-state index contributed by atoms with van der Waals surface area (Å²) in [6, 6.07) is 13.2. The Bertz CT molecular complexity index is 608. The predicted molar refractivity (Wildman–Crippen MR) is 89.0 cm³/mol. The number of amides is 1. The van der Waals surface area contributed by atoms with Crippen LogP contribution < -0.4 is 10.2 Å². The number of hydrogen-bond acceptors (Lipinski definition) is 2. The Morgan fingerprint density at radius 1 is 1.09 bits per heavy atom. The first-order valence-corrected chi connectivity index (χ1v) is 7.48. The Morgan fingerprint density at radius 3 is 2.32 bits per heavy atom. The summed E-state index contributed by atoms with van der Waals surface area (Å²) >= 11 is 0.